The zero-order chi connectivity index (χ0) is 24.3. The lowest BCUT2D eigenvalue weighted by Crippen LogP contribution is -2.49. The highest BCUT2D eigenvalue weighted by molar-refractivity contribution is 5.86. The summed E-state index contributed by atoms with van der Waals surface area (Å²) in [5, 5.41) is 8.02. The molecule has 178 valence electrons. The van der Waals surface area contributed by atoms with Crippen molar-refractivity contribution in [3.8, 4) is 11.5 Å². The maximum absolute atomic E-state index is 14.4. The van der Waals surface area contributed by atoms with E-state index in [4.69, 9.17) is 4.74 Å². The molecule has 7 nitrogen and oxygen atoms in total. The number of halogens is 2. The Morgan fingerprint density at radius 1 is 1.00 bits per heavy atom. The van der Waals surface area contributed by atoms with E-state index in [-0.39, 0.29) is 30.6 Å². The topological polar surface area (TPSA) is 92.4 Å². The average Bonchev–Trinajstić information content (AvgIpc) is 2.84. The van der Waals surface area contributed by atoms with Crippen molar-refractivity contribution in [2.24, 2.45) is 0 Å². The van der Waals surface area contributed by atoms with E-state index in [9.17, 15) is 18.4 Å². The van der Waals surface area contributed by atoms with E-state index in [0.717, 1.165) is 5.56 Å². The van der Waals surface area contributed by atoms with Gasteiger partial charge in [0, 0.05) is 19.3 Å². The number of nitrogens with one attached hydrogen (secondary N) is 3. The maximum Gasteiger partial charge on any atom is 0.315 e. The van der Waals surface area contributed by atoms with Crippen molar-refractivity contribution >= 4 is 11.9 Å². The quantitative estimate of drug-likeness (QED) is 0.410. The minimum Gasteiger partial charge on any atom is -0.453 e. The third-order valence-electron chi connectivity index (χ3n) is 4.89. The molecule has 0 radical (unpaired) electrons. The zero-order valence-corrected chi connectivity index (χ0v) is 18.7. The van der Waals surface area contributed by atoms with Gasteiger partial charge in [-0.25, -0.2) is 13.6 Å². The summed E-state index contributed by atoms with van der Waals surface area (Å²) < 4.78 is 32.9. The number of carbonyl (C=O) groups excluding carboxylic acids is 2. The first-order valence-corrected chi connectivity index (χ1v) is 10.9. The van der Waals surface area contributed by atoms with Crippen molar-refractivity contribution < 1.29 is 23.1 Å². The molecule has 9 heteroatoms. The van der Waals surface area contributed by atoms with Gasteiger partial charge in [0.05, 0.1) is 6.20 Å². The molecule has 2 aromatic carbocycles. The van der Waals surface area contributed by atoms with Gasteiger partial charge >= 0.3 is 6.03 Å². The second kappa shape index (κ2) is 12.3. The van der Waals surface area contributed by atoms with Crippen molar-refractivity contribution in [3.63, 3.8) is 0 Å². The molecule has 1 aromatic heterocycles. The molecule has 0 aliphatic rings. The van der Waals surface area contributed by atoms with Crippen LogP contribution in [0.15, 0.2) is 67.0 Å². The molecule has 0 spiro atoms. The number of nitrogens with zero attached hydrogens (tertiary/aromatic N) is 1. The third kappa shape index (κ3) is 7.54. The van der Waals surface area contributed by atoms with Gasteiger partial charge in [-0.3, -0.25) is 9.78 Å². The predicted molar refractivity (Wildman–Crippen MR) is 123 cm³/mol. The number of amides is 3. The Hall–Kier alpha value is -4.01. The van der Waals surface area contributed by atoms with Gasteiger partial charge < -0.3 is 20.7 Å². The molecular formula is C25H26F2N4O3. The molecule has 34 heavy (non-hydrogen) atoms. The average molecular weight is 469 g/mol. The largest absolute Gasteiger partial charge is 0.453 e. The summed E-state index contributed by atoms with van der Waals surface area (Å²) >= 11 is 0. The van der Waals surface area contributed by atoms with Crippen molar-refractivity contribution in [2.45, 2.75) is 38.9 Å². The standard InChI is InChI=1S/C25H26F2N4O3/c1-2-4-22(31-25(33)30-14-17-6-9-19(26)10-7-17)24(32)29-15-18-8-11-23(21(27)13-18)34-20-5-3-12-28-16-20/h3,5-13,16,22H,2,4,14-15H2,1H3,(H,29,32)(H2,30,31,33). The number of carbonyl (C=O) groups is 2. The minimum absolute atomic E-state index is 0.0476. The minimum atomic E-state index is -0.753. The molecule has 1 unspecified atom stereocenters. The van der Waals surface area contributed by atoms with E-state index in [1.54, 1.807) is 36.5 Å². The van der Waals surface area contributed by atoms with Crippen LogP contribution in [0.1, 0.15) is 30.9 Å². The van der Waals surface area contributed by atoms with Crippen LogP contribution >= 0.6 is 0 Å². The molecule has 3 amide bonds. The van der Waals surface area contributed by atoms with Gasteiger partial charge in [-0.15, -0.1) is 0 Å². The fourth-order valence-electron chi connectivity index (χ4n) is 3.14. The summed E-state index contributed by atoms with van der Waals surface area (Å²) in [6.45, 7) is 2.18. The third-order valence-corrected chi connectivity index (χ3v) is 4.89. The maximum atomic E-state index is 14.4. The smallest absolute Gasteiger partial charge is 0.315 e. The molecule has 0 bridgehead atoms. The van der Waals surface area contributed by atoms with Gasteiger partial charge in [-0.2, -0.15) is 0 Å². The number of aromatic nitrogens is 1. The molecular weight excluding hydrogens is 442 g/mol. The van der Waals surface area contributed by atoms with Gasteiger partial charge in [-0.05, 0) is 53.9 Å². The fraction of sp³-hybridized carbons (Fsp3) is 0.240. The van der Waals surface area contributed by atoms with Crippen LogP contribution in [0.3, 0.4) is 0 Å². The molecule has 0 aliphatic carbocycles. The van der Waals surface area contributed by atoms with Crippen LogP contribution in [0.25, 0.3) is 0 Å². The van der Waals surface area contributed by atoms with Crippen LogP contribution in [0.4, 0.5) is 13.6 Å². The Morgan fingerprint density at radius 2 is 1.74 bits per heavy atom. The van der Waals surface area contributed by atoms with Crippen molar-refractivity contribution in [2.75, 3.05) is 0 Å². The second-order valence-electron chi connectivity index (χ2n) is 7.57. The molecule has 0 fully saturated rings. The predicted octanol–water partition coefficient (Wildman–Crippen LogP) is 4.44. The van der Waals surface area contributed by atoms with Crippen LogP contribution in [0.2, 0.25) is 0 Å². The van der Waals surface area contributed by atoms with Crippen molar-refractivity contribution in [3.05, 3.63) is 89.8 Å². The fourth-order valence-corrected chi connectivity index (χ4v) is 3.14. The van der Waals surface area contributed by atoms with Gasteiger partial charge in [0.2, 0.25) is 5.91 Å². The van der Waals surface area contributed by atoms with Crippen LogP contribution < -0.4 is 20.7 Å². The van der Waals surface area contributed by atoms with Crippen LogP contribution in [0.5, 0.6) is 11.5 Å². The molecule has 0 saturated heterocycles. The summed E-state index contributed by atoms with van der Waals surface area (Å²) in [6.07, 6.45) is 4.17. The Balaban J connectivity index is 1.51. The van der Waals surface area contributed by atoms with Gasteiger partial charge in [0.15, 0.2) is 11.6 Å². The summed E-state index contributed by atoms with van der Waals surface area (Å²) in [7, 11) is 0. The SMILES string of the molecule is CCCC(NC(=O)NCc1ccc(F)cc1)C(=O)NCc1ccc(Oc2cccnc2)c(F)c1. The van der Waals surface area contributed by atoms with Crippen LogP contribution in [-0.2, 0) is 17.9 Å². The van der Waals surface area contributed by atoms with Crippen LogP contribution in [0, 0.1) is 11.6 Å². The highest BCUT2D eigenvalue weighted by Crippen LogP contribution is 2.24. The number of rotatable bonds is 10. The molecule has 0 saturated carbocycles. The number of urea groups is 1. The summed E-state index contributed by atoms with van der Waals surface area (Å²) in [4.78, 5) is 28.8. The van der Waals surface area contributed by atoms with E-state index >= 15 is 0 Å². The molecule has 0 aliphatic heterocycles. The highest BCUT2D eigenvalue weighted by Gasteiger charge is 2.20. The normalized spacial score (nSPS) is 11.4. The first-order chi connectivity index (χ1) is 16.4. The molecule has 1 atom stereocenters. The monoisotopic (exact) mass is 468 g/mol. The van der Waals surface area contributed by atoms with E-state index < -0.39 is 17.9 Å². The summed E-state index contributed by atoms with van der Waals surface area (Å²) in [5.41, 5.74) is 1.27. The second-order valence-corrected chi connectivity index (χ2v) is 7.57. The van der Waals surface area contributed by atoms with Gasteiger partial charge in [0.25, 0.3) is 0 Å². The summed E-state index contributed by atoms with van der Waals surface area (Å²) in [6, 6.07) is 12.2. The van der Waals surface area contributed by atoms with Crippen molar-refractivity contribution in [1.29, 1.82) is 0 Å². The van der Waals surface area contributed by atoms with E-state index in [0.29, 0.717) is 24.2 Å². The van der Waals surface area contributed by atoms with Crippen LogP contribution in [-0.4, -0.2) is 23.0 Å². The highest BCUT2D eigenvalue weighted by atomic mass is 19.1. The lowest BCUT2D eigenvalue weighted by atomic mass is 10.1. The lowest BCUT2D eigenvalue weighted by molar-refractivity contribution is -0.123. The van der Waals surface area contributed by atoms with E-state index in [1.807, 2.05) is 6.92 Å². The summed E-state index contributed by atoms with van der Waals surface area (Å²) in [5.74, 6) is -0.850. The molecule has 3 rings (SSSR count). The molecule has 3 aromatic rings. The molecule has 3 N–H and O–H groups in total. The van der Waals surface area contributed by atoms with E-state index in [2.05, 4.69) is 20.9 Å². The van der Waals surface area contributed by atoms with Crippen molar-refractivity contribution in [1.82, 2.24) is 20.9 Å². The molecule has 1 heterocycles. The number of ether oxygens (including phenoxy) is 1. The Bertz CT molecular complexity index is 1100. The van der Waals surface area contributed by atoms with Gasteiger partial charge in [0.1, 0.15) is 17.6 Å². The lowest BCUT2D eigenvalue weighted by Gasteiger charge is -2.18. The Kier molecular flexibility index (Phi) is 8.90. The number of pyridine rings is 1. The number of hydrogen-bond donors (Lipinski definition) is 3. The Morgan fingerprint density at radius 3 is 2.41 bits per heavy atom. The number of hydrogen-bond acceptors (Lipinski definition) is 4. The zero-order valence-electron chi connectivity index (χ0n) is 18.7. The number of benzene rings is 2. The van der Waals surface area contributed by atoms with Gasteiger partial charge in [-0.1, -0.05) is 31.5 Å². The van der Waals surface area contributed by atoms with E-state index in [1.165, 1.54) is 30.5 Å². The Labute approximate surface area is 196 Å². The first-order valence-electron chi connectivity index (χ1n) is 10.9. The first kappa shape index (κ1) is 24.6.